The number of benzene rings is 1. The molecule has 4 nitrogen and oxygen atoms in total. The normalized spacial score (nSPS) is 10.5. The number of carbonyl (C=O) groups excluding carboxylic acids is 1. The van der Waals surface area contributed by atoms with Crippen LogP contribution in [0.15, 0.2) is 60.1 Å². The van der Waals surface area contributed by atoms with E-state index in [-0.39, 0.29) is 5.91 Å². The maximum absolute atomic E-state index is 11.9. The van der Waals surface area contributed by atoms with E-state index in [1.807, 2.05) is 53.9 Å². The third kappa shape index (κ3) is 4.73. The molecule has 1 aromatic carbocycles. The van der Waals surface area contributed by atoms with Crippen molar-refractivity contribution in [1.82, 2.24) is 15.3 Å². The van der Waals surface area contributed by atoms with Crippen molar-refractivity contribution in [2.75, 3.05) is 6.54 Å². The number of nitrogens with one attached hydrogen (secondary N) is 1. The van der Waals surface area contributed by atoms with Gasteiger partial charge in [0.1, 0.15) is 0 Å². The predicted molar refractivity (Wildman–Crippen MR) is 96.8 cm³/mol. The predicted octanol–water partition coefficient (Wildman–Crippen LogP) is 3.50. The Kier molecular flexibility index (Phi) is 5.69. The lowest BCUT2D eigenvalue weighted by Gasteiger charge is -2.04. The molecular weight excluding hydrogens is 318 g/mol. The van der Waals surface area contributed by atoms with Crippen molar-refractivity contribution in [3.05, 3.63) is 70.7 Å². The Bertz CT molecular complexity index is 772. The van der Waals surface area contributed by atoms with Crippen LogP contribution in [0, 0.1) is 0 Å². The Labute approximate surface area is 145 Å². The van der Waals surface area contributed by atoms with Gasteiger partial charge in [-0.05, 0) is 24.1 Å². The van der Waals surface area contributed by atoms with Crippen LogP contribution in [0.5, 0.6) is 0 Å². The second-order valence-corrected chi connectivity index (χ2v) is 6.37. The highest BCUT2D eigenvalue weighted by Crippen LogP contribution is 2.19. The number of hydrogen-bond donors (Lipinski definition) is 1. The molecule has 0 unspecified atom stereocenters. The highest BCUT2D eigenvalue weighted by molar-refractivity contribution is 7.09. The van der Waals surface area contributed by atoms with Crippen molar-refractivity contribution in [3.63, 3.8) is 0 Å². The molecule has 0 saturated heterocycles. The first-order valence-electron chi connectivity index (χ1n) is 7.98. The summed E-state index contributed by atoms with van der Waals surface area (Å²) in [6, 6.07) is 15.9. The summed E-state index contributed by atoms with van der Waals surface area (Å²) in [6.07, 6.45) is 3.80. The molecule has 0 aliphatic rings. The molecule has 2 aromatic heterocycles. The number of hydrogen-bond acceptors (Lipinski definition) is 4. The van der Waals surface area contributed by atoms with E-state index in [1.165, 1.54) is 5.56 Å². The molecule has 0 saturated carbocycles. The molecule has 0 bridgehead atoms. The summed E-state index contributed by atoms with van der Waals surface area (Å²) >= 11 is 1.60. The van der Waals surface area contributed by atoms with Crippen molar-refractivity contribution in [2.24, 2.45) is 0 Å². The van der Waals surface area contributed by atoms with Gasteiger partial charge in [-0.2, -0.15) is 0 Å². The highest BCUT2D eigenvalue weighted by Gasteiger charge is 2.06. The highest BCUT2D eigenvalue weighted by atomic mass is 32.1. The summed E-state index contributed by atoms with van der Waals surface area (Å²) < 4.78 is 0. The zero-order valence-corrected chi connectivity index (χ0v) is 14.1. The van der Waals surface area contributed by atoms with E-state index in [2.05, 4.69) is 15.3 Å². The van der Waals surface area contributed by atoms with Crippen LogP contribution in [0.2, 0.25) is 0 Å². The quantitative estimate of drug-likeness (QED) is 0.718. The van der Waals surface area contributed by atoms with E-state index < -0.39 is 0 Å². The number of amides is 1. The van der Waals surface area contributed by atoms with Gasteiger partial charge in [-0.1, -0.05) is 36.4 Å². The van der Waals surface area contributed by atoms with Crippen LogP contribution < -0.4 is 5.32 Å². The molecule has 0 aliphatic carbocycles. The first-order chi connectivity index (χ1) is 11.8. The van der Waals surface area contributed by atoms with Gasteiger partial charge in [-0.15, -0.1) is 11.3 Å². The minimum absolute atomic E-state index is 0.0837. The maximum Gasteiger partial charge on any atom is 0.220 e. The molecule has 0 aliphatic heterocycles. The molecule has 0 radical (unpaired) electrons. The lowest BCUT2D eigenvalue weighted by atomic mass is 10.1. The fourth-order valence-electron chi connectivity index (χ4n) is 2.36. The van der Waals surface area contributed by atoms with Crippen molar-refractivity contribution in [3.8, 4) is 11.4 Å². The molecule has 122 valence electrons. The number of thiazole rings is 1. The molecule has 0 fully saturated rings. The Morgan fingerprint density at radius 2 is 1.83 bits per heavy atom. The molecule has 1 N–H and O–H groups in total. The monoisotopic (exact) mass is 337 g/mol. The number of pyridine rings is 1. The van der Waals surface area contributed by atoms with Crippen LogP contribution in [0.1, 0.15) is 17.0 Å². The number of nitrogens with zero attached hydrogens (tertiary/aromatic N) is 2. The van der Waals surface area contributed by atoms with Crippen LogP contribution >= 0.6 is 11.3 Å². The summed E-state index contributed by atoms with van der Waals surface area (Å²) in [5, 5.41) is 5.98. The van der Waals surface area contributed by atoms with Crippen LogP contribution in [-0.4, -0.2) is 22.4 Å². The lowest BCUT2D eigenvalue weighted by molar-refractivity contribution is -0.121. The van der Waals surface area contributed by atoms with Gasteiger partial charge < -0.3 is 5.32 Å². The first-order valence-corrected chi connectivity index (χ1v) is 8.85. The zero-order valence-electron chi connectivity index (χ0n) is 13.3. The number of rotatable bonds is 7. The summed E-state index contributed by atoms with van der Waals surface area (Å²) in [5.74, 6) is 0.0837. The van der Waals surface area contributed by atoms with Gasteiger partial charge in [-0.3, -0.25) is 9.78 Å². The summed E-state index contributed by atoms with van der Waals surface area (Å²) in [6.45, 7) is 0.614. The molecule has 24 heavy (non-hydrogen) atoms. The van der Waals surface area contributed by atoms with Crippen molar-refractivity contribution in [2.45, 2.75) is 19.3 Å². The Hall–Kier alpha value is -2.53. The van der Waals surface area contributed by atoms with Gasteiger partial charge in [0, 0.05) is 31.0 Å². The maximum atomic E-state index is 11.9. The lowest BCUT2D eigenvalue weighted by Crippen LogP contribution is -2.25. The largest absolute Gasteiger partial charge is 0.356 e. The minimum Gasteiger partial charge on any atom is -0.356 e. The van der Waals surface area contributed by atoms with E-state index in [1.54, 1.807) is 17.5 Å². The average molecular weight is 337 g/mol. The minimum atomic E-state index is 0.0837. The fraction of sp³-hybridized carbons (Fsp3) is 0.211. The third-order valence-corrected chi connectivity index (χ3v) is 4.53. The van der Waals surface area contributed by atoms with Crippen molar-refractivity contribution < 1.29 is 4.79 Å². The SMILES string of the molecule is O=C(CCc1ccccc1)NCCc1nc(-c2ccccn2)cs1. The second kappa shape index (κ2) is 8.36. The summed E-state index contributed by atoms with van der Waals surface area (Å²) in [5.41, 5.74) is 2.96. The number of aromatic nitrogens is 2. The summed E-state index contributed by atoms with van der Waals surface area (Å²) in [7, 11) is 0. The van der Waals surface area contributed by atoms with Crippen molar-refractivity contribution in [1.29, 1.82) is 0 Å². The van der Waals surface area contributed by atoms with Gasteiger partial charge in [0.15, 0.2) is 0 Å². The zero-order chi connectivity index (χ0) is 16.6. The number of aryl methyl sites for hydroxylation is 1. The van der Waals surface area contributed by atoms with Crippen molar-refractivity contribution >= 4 is 17.2 Å². The Morgan fingerprint density at radius 3 is 2.62 bits per heavy atom. The van der Waals surface area contributed by atoms with E-state index in [0.29, 0.717) is 13.0 Å². The fourth-order valence-corrected chi connectivity index (χ4v) is 3.15. The van der Waals surface area contributed by atoms with Crippen LogP contribution in [-0.2, 0) is 17.6 Å². The molecule has 5 heteroatoms. The third-order valence-electron chi connectivity index (χ3n) is 3.62. The smallest absolute Gasteiger partial charge is 0.220 e. The standard InChI is InChI=1S/C19H19N3OS/c23-18(10-9-15-6-2-1-3-7-15)21-13-11-19-22-17(14-24-19)16-8-4-5-12-20-16/h1-8,12,14H,9-11,13H2,(H,21,23). The first kappa shape index (κ1) is 16.3. The van der Waals surface area contributed by atoms with Gasteiger partial charge in [0.05, 0.1) is 16.4 Å². The van der Waals surface area contributed by atoms with Gasteiger partial charge in [-0.25, -0.2) is 4.98 Å². The average Bonchev–Trinajstić information content (AvgIpc) is 3.11. The van der Waals surface area contributed by atoms with E-state index in [9.17, 15) is 4.79 Å². The molecule has 0 atom stereocenters. The van der Waals surface area contributed by atoms with Crippen LogP contribution in [0.25, 0.3) is 11.4 Å². The van der Waals surface area contributed by atoms with Gasteiger partial charge in [0.2, 0.25) is 5.91 Å². The van der Waals surface area contributed by atoms with Crippen LogP contribution in [0.4, 0.5) is 0 Å². The van der Waals surface area contributed by atoms with E-state index in [4.69, 9.17) is 0 Å². The van der Waals surface area contributed by atoms with E-state index in [0.717, 1.165) is 29.2 Å². The number of carbonyl (C=O) groups is 1. The summed E-state index contributed by atoms with van der Waals surface area (Å²) in [4.78, 5) is 20.8. The van der Waals surface area contributed by atoms with E-state index >= 15 is 0 Å². The molecule has 2 heterocycles. The Balaban J connectivity index is 1.42. The van der Waals surface area contributed by atoms with Gasteiger partial charge >= 0.3 is 0 Å². The molecule has 0 spiro atoms. The Morgan fingerprint density at radius 1 is 1.00 bits per heavy atom. The van der Waals surface area contributed by atoms with Crippen LogP contribution in [0.3, 0.4) is 0 Å². The molecule has 3 aromatic rings. The van der Waals surface area contributed by atoms with Gasteiger partial charge in [0.25, 0.3) is 0 Å². The molecular formula is C19H19N3OS. The second-order valence-electron chi connectivity index (χ2n) is 5.43. The topological polar surface area (TPSA) is 54.9 Å². The molecule has 3 rings (SSSR count). The molecule has 1 amide bonds.